The van der Waals surface area contributed by atoms with E-state index in [0.29, 0.717) is 6.54 Å². The molecule has 0 radical (unpaired) electrons. The highest BCUT2D eigenvalue weighted by Crippen LogP contribution is 2.20. The second kappa shape index (κ2) is 8.26. The summed E-state index contributed by atoms with van der Waals surface area (Å²) in [4.78, 5) is 15.8. The van der Waals surface area contributed by atoms with Crippen LogP contribution in [0.4, 0.5) is 0 Å². The van der Waals surface area contributed by atoms with Gasteiger partial charge in [-0.1, -0.05) is 36.1 Å². The van der Waals surface area contributed by atoms with Crippen molar-refractivity contribution in [3.63, 3.8) is 0 Å². The molecular formula is C26H23N3O. The van der Waals surface area contributed by atoms with Crippen LogP contribution in [0, 0.1) is 25.7 Å². The summed E-state index contributed by atoms with van der Waals surface area (Å²) in [6, 6.07) is 18.4. The van der Waals surface area contributed by atoms with Gasteiger partial charge in [-0.15, -0.1) is 0 Å². The van der Waals surface area contributed by atoms with Gasteiger partial charge in [0, 0.05) is 42.6 Å². The molecule has 4 heteroatoms. The Balaban J connectivity index is 1.53. The van der Waals surface area contributed by atoms with Gasteiger partial charge in [-0.2, -0.15) is 0 Å². The molecule has 4 aromatic rings. The van der Waals surface area contributed by atoms with E-state index in [-0.39, 0.29) is 5.91 Å². The fourth-order valence-corrected chi connectivity index (χ4v) is 3.20. The number of carbonyl (C=O) groups is 1. The minimum absolute atomic E-state index is 0.0397. The lowest BCUT2D eigenvalue weighted by molar-refractivity contribution is -0.119. The number of hydrogen-bond donors (Lipinski definition) is 1. The van der Waals surface area contributed by atoms with Gasteiger partial charge in [0.05, 0.1) is 5.69 Å². The molecule has 148 valence electrons. The van der Waals surface area contributed by atoms with Gasteiger partial charge in [0.25, 0.3) is 0 Å². The van der Waals surface area contributed by atoms with E-state index in [2.05, 4.69) is 49.2 Å². The summed E-state index contributed by atoms with van der Waals surface area (Å²) < 4.78 is 1.99. The minimum atomic E-state index is -0.0397. The number of pyridine rings is 1. The molecular weight excluding hydrogens is 370 g/mol. The molecule has 4 nitrogen and oxygen atoms in total. The van der Waals surface area contributed by atoms with Crippen LogP contribution in [0.15, 0.2) is 67.0 Å². The van der Waals surface area contributed by atoms with E-state index < -0.39 is 0 Å². The predicted molar refractivity (Wildman–Crippen MR) is 120 cm³/mol. The largest absolute Gasteiger partial charge is 0.352 e. The average molecular weight is 393 g/mol. The molecule has 0 saturated carbocycles. The van der Waals surface area contributed by atoms with Crippen molar-refractivity contribution in [3.05, 3.63) is 94.8 Å². The number of fused-ring (bicyclic) bond motifs is 1. The van der Waals surface area contributed by atoms with E-state index in [0.717, 1.165) is 33.6 Å². The Labute approximate surface area is 176 Å². The maximum Gasteiger partial charge on any atom is 0.217 e. The van der Waals surface area contributed by atoms with Crippen LogP contribution in [0.2, 0.25) is 0 Å². The van der Waals surface area contributed by atoms with Gasteiger partial charge in [0.1, 0.15) is 5.65 Å². The first-order valence-electron chi connectivity index (χ1n) is 9.90. The average Bonchev–Trinajstić information content (AvgIpc) is 3.17. The fraction of sp³-hybridized carbons (Fsp3) is 0.154. The number of aryl methyl sites for hydroxylation is 2. The van der Waals surface area contributed by atoms with E-state index in [1.165, 1.54) is 18.1 Å². The number of hydrogen-bond acceptors (Lipinski definition) is 2. The van der Waals surface area contributed by atoms with Crippen molar-refractivity contribution >= 4 is 11.6 Å². The van der Waals surface area contributed by atoms with E-state index in [4.69, 9.17) is 4.98 Å². The summed E-state index contributed by atoms with van der Waals surface area (Å²) in [5.74, 6) is 6.43. The highest BCUT2D eigenvalue weighted by molar-refractivity contribution is 5.72. The Morgan fingerprint density at radius 1 is 0.933 bits per heavy atom. The third kappa shape index (κ3) is 4.42. The van der Waals surface area contributed by atoms with Gasteiger partial charge in [0.15, 0.2) is 0 Å². The van der Waals surface area contributed by atoms with Crippen molar-refractivity contribution in [1.82, 2.24) is 14.7 Å². The first kappa shape index (κ1) is 19.5. The number of benzene rings is 2. The molecule has 2 aromatic heterocycles. The van der Waals surface area contributed by atoms with Crippen LogP contribution in [0.25, 0.3) is 16.9 Å². The normalized spacial score (nSPS) is 10.5. The van der Waals surface area contributed by atoms with Crippen molar-refractivity contribution < 1.29 is 4.79 Å². The molecule has 1 amide bonds. The van der Waals surface area contributed by atoms with Gasteiger partial charge in [-0.3, -0.25) is 4.79 Å². The van der Waals surface area contributed by atoms with Crippen molar-refractivity contribution in [2.75, 3.05) is 0 Å². The zero-order valence-electron chi connectivity index (χ0n) is 17.4. The molecule has 0 unspecified atom stereocenters. The second-order valence-electron chi connectivity index (χ2n) is 7.47. The summed E-state index contributed by atoms with van der Waals surface area (Å²) in [7, 11) is 0. The first-order chi connectivity index (χ1) is 14.5. The summed E-state index contributed by atoms with van der Waals surface area (Å²) >= 11 is 0. The predicted octanol–water partition coefficient (Wildman–Crippen LogP) is 4.65. The molecule has 0 aliphatic rings. The lowest BCUT2D eigenvalue weighted by Gasteiger charge is -2.02. The molecule has 0 bridgehead atoms. The fourth-order valence-electron chi connectivity index (χ4n) is 3.20. The highest BCUT2D eigenvalue weighted by atomic mass is 16.1. The van der Waals surface area contributed by atoms with E-state index in [9.17, 15) is 4.79 Å². The first-order valence-corrected chi connectivity index (χ1v) is 9.90. The zero-order chi connectivity index (χ0) is 21.1. The molecule has 1 N–H and O–H groups in total. The molecule has 0 atom stereocenters. The molecule has 4 rings (SSSR count). The van der Waals surface area contributed by atoms with Gasteiger partial charge >= 0.3 is 0 Å². The summed E-state index contributed by atoms with van der Waals surface area (Å²) in [6.45, 7) is 6.23. The molecule has 0 saturated heterocycles. The molecule has 0 fully saturated rings. The van der Waals surface area contributed by atoms with Crippen LogP contribution in [-0.2, 0) is 11.3 Å². The van der Waals surface area contributed by atoms with Crippen LogP contribution in [-0.4, -0.2) is 15.3 Å². The number of amides is 1. The lowest BCUT2D eigenvalue weighted by Crippen LogP contribution is -2.19. The molecule has 30 heavy (non-hydrogen) atoms. The van der Waals surface area contributed by atoms with Crippen LogP contribution in [0.3, 0.4) is 0 Å². The Hall–Kier alpha value is -3.84. The zero-order valence-corrected chi connectivity index (χ0v) is 17.4. The molecule has 2 heterocycles. The molecule has 0 spiro atoms. The maximum absolute atomic E-state index is 11.1. The van der Waals surface area contributed by atoms with Gasteiger partial charge in [-0.05, 0) is 60.9 Å². The number of imidazole rings is 1. The van der Waals surface area contributed by atoms with Crippen LogP contribution in [0.1, 0.15) is 34.7 Å². The highest BCUT2D eigenvalue weighted by Gasteiger charge is 2.05. The Morgan fingerprint density at radius 3 is 2.40 bits per heavy atom. The summed E-state index contributed by atoms with van der Waals surface area (Å²) in [5, 5.41) is 2.82. The lowest BCUT2D eigenvalue weighted by atomic mass is 10.1. The molecule has 2 aromatic carbocycles. The van der Waals surface area contributed by atoms with Gasteiger partial charge < -0.3 is 9.72 Å². The molecule has 0 aliphatic heterocycles. The topological polar surface area (TPSA) is 46.4 Å². The Kier molecular flexibility index (Phi) is 5.36. The van der Waals surface area contributed by atoms with Gasteiger partial charge in [-0.25, -0.2) is 4.98 Å². The van der Waals surface area contributed by atoms with Gasteiger partial charge in [0.2, 0.25) is 5.91 Å². The maximum atomic E-state index is 11.1. The quantitative estimate of drug-likeness (QED) is 0.515. The van der Waals surface area contributed by atoms with Crippen LogP contribution in [0.5, 0.6) is 0 Å². The van der Waals surface area contributed by atoms with Crippen molar-refractivity contribution in [3.8, 4) is 23.1 Å². The van der Waals surface area contributed by atoms with E-state index in [1.54, 1.807) is 0 Å². The summed E-state index contributed by atoms with van der Waals surface area (Å²) in [6.07, 6.45) is 3.99. The van der Waals surface area contributed by atoms with Crippen LogP contribution >= 0.6 is 0 Å². The number of rotatable bonds is 3. The molecule has 0 aliphatic carbocycles. The Morgan fingerprint density at radius 2 is 1.67 bits per heavy atom. The van der Waals surface area contributed by atoms with Crippen molar-refractivity contribution in [2.24, 2.45) is 0 Å². The third-order valence-corrected chi connectivity index (χ3v) is 5.09. The number of aromatic nitrogens is 2. The Bertz CT molecular complexity index is 1290. The SMILES string of the molecule is CC(=O)NCc1ccc2nc(-c3ccc(C#Cc4ccc(C)c(C)c4)cc3)cn2c1. The van der Waals surface area contributed by atoms with Crippen molar-refractivity contribution in [1.29, 1.82) is 0 Å². The monoisotopic (exact) mass is 393 g/mol. The van der Waals surface area contributed by atoms with E-state index >= 15 is 0 Å². The summed E-state index contributed by atoms with van der Waals surface area (Å²) in [5.41, 5.74) is 8.37. The van der Waals surface area contributed by atoms with E-state index in [1.807, 2.05) is 53.2 Å². The number of nitrogens with one attached hydrogen (secondary N) is 1. The number of nitrogens with zero attached hydrogens (tertiary/aromatic N) is 2. The van der Waals surface area contributed by atoms with Crippen LogP contribution < -0.4 is 5.32 Å². The third-order valence-electron chi connectivity index (χ3n) is 5.09. The second-order valence-corrected chi connectivity index (χ2v) is 7.47. The van der Waals surface area contributed by atoms with Crippen molar-refractivity contribution in [2.45, 2.75) is 27.3 Å². The standard InChI is InChI=1S/C26H23N3O/c1-18-4-5-22(14-19(18)2)7-6-21-8-11-24(12-9-21)25-17-29-16-23(15-27-20(3)30)10-13-26(29)28-25/h4-5,8-14,16-17H,15H2,1-3H3,(H,27,30). The smallest absolute Gasteiger partial charge is 0.217 e. The number of carbonyl (C=O) groups excluding carboxylic acids is 1. The minimum Gasteiger partial charge on any atom is -0.352 e.